The summed E-state index contributed by atoms with van der Waals surface area (Å²) in [5.41, 5.74) is 0.278. The predicted octanol–water partition coefficient (Wildman–Crippen LogP) is 2.10. The Labute approximate surface area is 119 Å². The van der Waals surface area contributed by atoms with Crippen LogP contribution in [0.3, 0.4) is 0 Å². The fraction of sp³-hybridized carbons (Fsp3) is 0.357. The maximum atomic E-state index is 11.9. The summed E-state index contributed by atoms with van der Waals surface area (Å²) in [5, 5.41) is 0. The summed E-state index contributed by atoms with van der Waals surface area (Å²) < 4.78 is 31.4. The van der Waals surface area contributed by atoms with E-state index in [2.05, 4.69) is 11.3 Å². The maximum Gasteiger partial charge on any atom is 0.338 e. The van der Waals surface area contributed by atoms with E-state index in [1.54, 1.807) is 0 Å². The molecule has 1 rings (SSSR count). The second-order valence-corrected chi connectivity index (χ2v) is 6.65. The van der Waals surface area contributed by atoms with Gasteiger partial charge in [0.2, 0.25) is 10.0 Å². The third-order valence-electron chi connectivity index (χ3n) is 2.37. The molecule has 20 heavy (non-hydrogen) atoms. The molecule has 0 radical (unpaired) electrons. The molecule has 1 aromatic carbocycles. The van der Waals surface area contributed by atoms with Gasteiger partial charge in [0.05, 0.1) is 4.90 Å². The van der Waals surface area contributed by atoms with Crippen molar-refractivity contribution < 1.29 is 17.9 Å². The minimum absolute atomic E-state index is 0.133. The van der Waals surface area contributed by atoms with Crippen molar-refractivity contribution in [3.8, 4) is 5.75 Å². The highest BCUT2D eigenvalue weighted by Crippen LogP contribution is 2.16. The zero-order chi connectivity index (χ0) is 15.3. The van der Waals surface area contributed by atoms with E-state index in [1.807, 2.05) is 13.8 Å². The van der Waals surface area contributed by atoms with Crippen LogP contribution in [0.15, 0.2) is 41.3 Å². The molecule has 5 nitrogen and oxygen atoms in total. The highest BCUT2D eigenvalue weighted by molar-refractivity contribution is 7.89. The zero-order valence-electron chi connectivity index (χ0n) is 11.8. The average molecular weight is 297 g/mol. The second kappa shape index (κ2) is 6.67. The van der Waals surface area contributed by atoms with E-state index in [9.17, 15) is 13.2 Å². The Hall–Kier alpha value is -1.66. The van der Waals surface area contributed by atoms with E-state index in [-0.39, 0.29) is 22.1 Å². The van der Waals surface area contributed by atoms with Crippen molar-refractivity contribution >= 4 is 16.0 Å². The van der Waals surface area contributed by atoms with Crippen LogP contribution in [-0.4, -0.2) is 20.9 Å². The van der Waals surface area contributed by atoms with Crippen LogP contribution >= 0.6 is 0 Å². The van der Waals surface area contributed by atoms with Gasteiger partial charge in [0, 0.05) is 12.1 Å². The van der Waals surface area contributed by atoms with E-state index >= 15 is 0 Å². The minimum atomic E-state index is -3.52. The molecule has 1 aromatic rings. The van der Waals surface area contributed by atoms with Crippen molar-refractivity contribution in [1.29, 1.82) is 0 Å². The van der Waals surface area contributed by atoms with Crippen LogP contribution in [0.25, 0.3) is 0 Å². The average Bonchev–Trinajstić information content (AvgIpc) is 2.37. The summed E-state index contributed by atoms with van der Waals surface area (Å²) in [5.74, 6) is -0.0417. The quantitative estimate of drug-likeness (QED) is 0.496. The fourth-order valence-electron chi connectivity index (χ4n) is 1.24. The maximum absolute atomic E-state index is 11.9. The predicted molar refractivity (Wildman–Crippen MR) is 76.9 cm³/mol. The number of carbonyl (C=O) groups excluding carboxylic acids is 1. The van der Waals surface area contributed by atoms with Crippen molar-refractivity contribution in [1.82, 2.24) is 4.72 Å². The lowest BCUT2D eigenvalue weighted by Gasteiger charge is -2.09. The van der Waals surface area contributed by atoms with E-state index in [0.717, 1.165) is 0 Å². The highest BCUT2D eigenvalue weighted by atomic mass is 32.2. The number of carbonyl (C=O) groups is 1. The Morgan fingerprint density at radius 3 is 2.30 bits per heavy atom. The number of esters is 1. The molecule has 0 bridgehead atoms. The van der Waals surface area contributed by atoms with Gasteiger partial charge in [-0.25, -0.2) is 17.9 Å². The Bertz CT molecular complexity index is 588. The molecular weight excluding hydrogens is 278 g/mol. The molecule has 0 aromatic heterocycles. The first-order valence-corrected chi connectivity index (χ1v) is 7.68. The molecule has 0 heterocycles. The van der Waals surface area contributed by atoms with Gasteiger partial charge in [0.1, 0.15) is 5.75 Å². The summed E-state index contributed by atoms with van der Waals surface area (Å²) in [6.07, 6.45) is 0. The molecule has 0 unspecified atom stereocenters. The van der Waals surface area contributed by atoms with Crippen LogP contribution < -0.4 is 9.46 Å². The number of nitrogens with one attached hydrogen (secondary N) is 1. The molecular formula is C14H19NO4S. The zero-order valence-corrected chi connectivity index (χ0v) is 12.7. The van der Waals surface area contributed by atoms with Gasteiger partial charge < -0.3 is 4.74 Å². The molecule has 6 heteroatoms. The number of rotatable bonds is 6. The number of sulfonamides is 1. The Morgan fingerprint density at radius 1 is 1.30 bits per heavy atom. The molecule has 0 saturated carbocycles. The van der Waals surface area contributed by atoms with Gasteiger partial charge >= 0.3 is 5.97 Å². The van der Waals surface area contributed by atoms with Gasteiger partial charge in [0.15, 0.2) is 0 Å². The monoisotopic (exact) mass is 297 g/mol. The molecule has 0 aliphatic carbocycles. The Morgan fingerprint density at radius 2 is 1.85 bits per heavy atom. The van der Waals surface area contributed by atoms with Crippen LogP contribution in [0.1, 0.15) is 20.8 Å². The molecule has 0 spiro atoms. The largest absolute Gasteiger partial charge is 0.423 e. The number of ether oxygens (including phenoxy) is 1. The Balaban J connectivity index is 2.80. The van der Waals surface area contributed by atoms with Gasteiger partial charge in [-0.15, -0.1) is 0 Å². The Kier molecular flexibility index (Phi) is 5.47. The normalized spacial score (nSPS) is 11.4. The first-order valence-electron chi connectivity index (χ1n) is 6.20. The van der Waals surface area contributed by atoms with Crippen molar-refractivity contribution in [2.75, 3.05) is 6.54 Å². The van der Waals surface area contributed by atoms with Gasteiger partial charge in [-0.2, -0.15) is 0 Å². The first kappa shape index (κ1) is 16.4. The summed E-state index contributed by atoms with van der Waals surface area (Å²) in [7, 11) is -3.52. The van der Waals surface area contributed by atoms with Crippen molar-refractivity contribution in [2.24, 2.45) is 5.92 Å². The van der Waals surface area contributed by atoms with Gasteiger partial charge in [0.25, 0.3) is 0 Å². The summed E-state index contributed by atoms with van der Waals surface area (Å²) in [6, 6.07) is 5.66. The summed E-state index contributed by atoms with van der Waals surface area (Å²) in [6.45, 7) is 9.22. The molecule has 1 N–H and O–H groups in total. The summed E-state index contributed by atoms with van der Waals surface area (Å²) in [4.78, 5) is 11.5. The lowest BCUT2D eigenvalue weighted by atomic mass is 10.2. The molecule has 0 aliphatic rings. The third kappa shape index (κ3) is 4.79. The van der Waals surface area contributed by atoms with Crippen LogP contribution in [-0.2, 0) is 14.8 Å². The number of benzene rings is 1. The minimum Gasteiger partial charge on any atom is -0.423 e. The number of hydrogen-bond acceptors (Lipinski definition) is 4. The molecule has 0 atom stereocenters. The van der Waals surface area contributed by atoms with Gasteiger partial charge in [-0.05, 0) is 37.1 Å². The number of hydrogen-bond donors (Lipinski definition) is 1. The standard InChI is InChI=1S/C14H19NO4S/c1-10(2)9-15-20(17,18)13-7-5-12(6-8-13)19-14(16)11(3)4/h5-8,10,15H,3,9H2,1-2,4H3. The lowest BCUT2D eigenvalue weighted by Crippen LogP contribution is -2.27. The van der Waals surface area contributed by atoms with E-state index < -0.39 is 16.0 Å². The third-order valence-corrected chi connectivity index (χ3v) is 3.81. The topological polar surface area (TPSA) is 72.5 Å². The summed E-state index contributed by atoms with van der Waals surface area (Å²) >= 11 is 0. The fourth-order valence-corrected chi connectivity index (χ4v) is 2.45. The SMILES string of the molecule is C=C(C)C(=O)Oc1ccc(S(=O)(=O)NCC(C)C)cc1. The van der Waals surface area contributed by atoms with E-state index in [1.165, 1.54) is 31.2 Å². The van der Waals surface area contributed by atoms with Gasteiger partial charge in [-0.3, -0.25) is 0 Å². The van der Waals surface area contributed by atoms with Crippen LogP contribution in [0.5, 0.6) is 5.75 Å². The molecule has 0 aliphatic heterocycles. The second-order valence-electron chi connectivity index (χ2n) is 4.89. The van der Waals surface area contributed by atoms with Crippen molar-refractivity contribution in [3.05, 3.63) is 36.4 Å². The molecule has 110 valence electrons. The molecule has 0 saturated heterocycles. The first-order chi connectivity index (χ1) is 9.22. The molecule has 0 fully saturated rings. The van der Waals surface area contributed by atoms with Crippen LogP contribution in [0.2, 0.25) is 0 Å². The van der Waals surface area contributed by atoms with Crippen molar-refractivity contribution in [3.63, 3.8) is 0 Å². The van der Waals surface area contributed by atoms with Crippen LogP contribution in [0, 0.1) is 5.92 Å². The van der Waals surface area contributed by atoms with Crippen molar-refractivity contribution in [2.45, 2.75) is 25.7 Å². The highest BCUT2D eigenvalue weighted by Gasteiger charge is 2.14. The van der Waals surface area contributed by atoms with Crippen LogP contribution in [0.4, 0.5) is 0 Å². The van der Waals surface area contributed by atoms with E-state index in [4.69, 9.17) is 4.74 Å². The van der Waals surface area contributed by atoms with E-state index in [0.29, 0.717) is 6.54 Å². The van der Waals surface area contributed by atoms with Gasteiger partial charge in [-0.1, -0.05) is 20.4 Å². The lowest BCUT2D eigenvalue weighted by molar-refractivity contribution is -0.130. The smallest absolute Gasteiger partial charge is 0.338 e. The molecule has 0 amide bonds.